The highest BCUT2D eigenvalue weighted by molar-refractivity contribution is 5.79. The van der Waals surface area contributed by atoms with Crippen LogP contribution in [0.4, 0.5) is 0 Å². The zero-order chi connectivity index (χ0) is 49.8. The molecule has 0 bridgehead atoms. The van der Waals surface area contributed by atoms with Crippen molar-refractivity contribution in [3.8, 4) is 0 Å². The molecule has 5 aliphatic carbocycles. The van der Waals surface area contributed by atoms with Gasteiger partial charge >= 0.3 is 5.97 Å². The molecule has 3 aliphatic heterocycles. The van der Waals surface area contributed by atoms with Gasteiger partial charge in [0, 0.05) is 12.0 Å². The Hall–Kier alpha value is -1.51. The van der Waals surface area contributed by atoms with E-state index in [2.05, 4.69) is 33.8 Å². The van der Waals surface area contributed by atoms with E-state index in [0.717, 1.165) is 18.4 Å². The third-order valence-corrected chi connectivity index (χ3v) is 19.7. The van der Waals surface area contributed by atoms with Crippen LogP contribution in [0.15, 0.2) is 11.6 Å². The van der Waals surface area contributed by atoms with Gasteiger partial charge in [-0.25, -0.2) is 0 Å². The molecule has 27 atom stereocenters. The van der Waals surface area contributed by atoms with Crippen LogP contribution < -0.4 is 0 Å². The summed E-state index contributed by atoms with van der Waals surface area (Å²) >= 11 is 0. The lowest BCUT2D eigenvalue weighted by atomic mass is 9.33. The van der Waals surface area contributed by atoms with Crippen LogP contribution in [0.1, 0.15) is 92.9 Å². The summed E-state index contributed by atoms with van der Waals surface area (Å²) in [6.45, 7) is 10.4. The van der Waals surface area contributed by atoms with E-state index in [0.29, 0.717) is 38.5 Å². The molecule has 0 aromatic heterocycles. The van der Waals surface area contributed by atoms with Crippen molar-refractivity contribution in [2.75, 3.05) is 26.4 Å². The normalized spacial score (nSPS) is 56.0. The van der Waals surface area contributed by atoms with Gasteiger partial charge in [0.25, 0.3) is 0 Å². The van der Waals surface area contributed by atoms with Crippen LogP contribution in [0.3, 0.4) is 0 Å². The maximum Gasteiger partial charge on any atom is 0.315 e. The molecule has 4 saturated carbocycles. The average Bonchev–Trinajstić information content (AvgIpc) is 3.31. The van der Waals surface area contributed by atoms with Gasteiger partial charge in [0.05, 0.1) is 43.5 Å². The number of ether oxygens (including phenoxy) is 6. The van der Waals surface area contributed by atoms with Crippen LogP contribution in [0.25, 0.3) is 0 Å². The number of aliphatic hydroxyl groups is 13. The molecule has 3 saturated heterocycles. The zero-order valence-corrected chi connectivity index (χ0v) is 39.9. The first-order chi connectivity index (χ1) is 31.9. The van der Waals surface area contributed by atoms with E-state index >= 15 is 4.79 Å². The Bertz CT molecular complexity index is 1840. The van der Waals surface area contributed by atoms with Crippen LogP contribution in [-0.4, -0.2) is 203 Å². The number of hydrogen-bond donors (Lipinski definition) is 13. The number of carbonyl (C=O) groups excluding carboxylic acids is 1. The van der Waals surface area contributed by atoms with Crippen molar-refractivity contribution >= 4 is 5.97 Å². The first-order valence-electron chi connectivity index (χ1n) is 24.7. The van der Waals surface area contributed by atoms with Gasteiger partial charge in [0.2, 0.25) is 6.29 Å². The fraction of sp³-hybridized carbons (Fsp3) is 0.938. The van der Waals surface area contributed by atoms with Crippen molar-refractivity contribution in [3.63, 3.8) is 0 Å². The summed E-state index contributed by atoms with van der Waals surface area (Å²) < 4.78 is 34.6. The molecule has 0 aromatic rings. The number of esters is 1. The first-order valence-corrected chi connectivity index (χ1v) is 24.7. The largest absolute Gasteiger partial charge is 0.432 e. The Morgan fingerprint density at radius 3 is 2.00 bits per heavy atom. The second-order valence-electron chi connectivity index (χ2n) is 22.9. The van der Waals surface area contributed by atoms with Crippen LogP contribution in [-0.2, 0) is 33.2 Å². The highest BCUT2D eigenvalue weighted by Crippen LogP contribution is 2.76. The monoisotopic (exact) mass is 975 g/mol. The molecular formula is C48H78O20. The second kappa shape index (κ2) is 19.1. The van der Waals surface area contributed by atoms with Gasteiger partial charge in [-0.1, -0.05) is 46.3 Å². The minimum Gasteiger partial charge on any atom is -0.432 e. The fourth-order valence-electron chi connectivity index (χ4n) is 15.4. The molecule has 0 amide bonds. The van der Waals surface area contributed by atoms with Gasteiger partial charge in [-0.05, 0) is 104 Å². The second-order valence-corrected chi connectivity index (χ2v) is 22.9. The third-order valence-electron chi connectivity index (χ3n) is 19.7. The standard InChI is InChI=1S/C48H78O20/c1-20-22(16-49)9-12-48(14-13-46(5)23(29(20)48)7-8-28-44(3)15-24(52)39(61)45(4,19-51)27(44)10-11-47(28,46)6)43(62)68-42-36(59)33(56)31(54)26(66-42)18-63-40-37(60)34(57)38(25(17-50)65-40)67-41-35(58)32(55)30(53)21(2)64-41/h7,20-22,24-42,49-61H,8-19H2,1-6H3/t20-,21-,22-,24+,25+,26+,27?,28?,29-,30-,31+,32+,33-,34+,35+,36+,37+,38+,39-,40+,41-,42-,44-,45-,46+,47+,48-/m0/s1. The molecule has 13 N–H and O–H groups in total. The lowest BCUT2D eigenvalue weighted by Crippen LogP contribution is -2.68. The SMILES string of the molecule is C[C@H]1[C@H](CO)CC[C@]2(C(=O)O[C@@H]3O[C@H](CO[C@@H]4O[C@H](CO)[C@@H](O[C@@H]5O[C@@H](C)[C@H](O)[C@@H](O)[C@H]5O)[C@H](O)[C@H]4O)[C@@H](O)[C@H](O)[C@H]3O)CC[C@]3(C)C(=CCC4[C@@]5(C)C[C@@H](O)[C@H](O)[C@@](C)(CO)C5CC[C@]43C)[C@H]12. The van der Waals surface area contributed by atoms with Crippen molar-refractivity contribution in [1.29, 1.82) is 0 Å². The van der Waals surface area contributed by atoms with Crippen molar-refractivity contribution in [3.05, 3.63) is 11.6 Å². The van der Waals surface area contributed by atoms with Crippen molar-refractivity contribution < 1.29 is 99.6 Å². The number of hydrogen-bond acceptors (Lipinski definition) is 20. The van der Waals surface area contributed by atoms with E-state index in [1.807, 2.05) is 6.92 Å². The first kappa shape index (κ1) is 52.8. The number of allylic oxidation sites excluding steroid dienone is 2. The summed E-state index contributed by atoms with van der Waals surface area (Å²) in [6.07, 6.45) is -20.0. The van der Waals surface area contributed by atoms with E-state index in [-0.39, 0.29) is 42.3 Å². The van der Waals surface area contributed by atoms with Crippen LogP contribution in [0.2, 0.25) is 0 Å². The molecular weight excluding hydrogens is 897 g/mol. The smallest absolute Gasteiger partial charge is 0.315 e. The minimum absolute atomic E-state index is 0.0448. The average molecular weight is 975 g/mol. The maximum absolute atomic E-state index is 15.0. The minimum atomic E-state index is -1.90. The summed E-state index contributed by atoms with van der Waals surface area (Å²) in [5, 5.41) is 140. The Morgan fingerprint density at radius 1 is 0.691 bits per heavy atom. The van der Waals surface area contributed by atoms with Gasteiger partial charge in [0.1, 0.15) is 67.1 Å². The lowest BCUT2D eigenvalue weighted by molar-refractivity contribution is -0.361. The Kier molecular flexibility index (Phi) is 14.8. The molecule has 8 aliphatic rings. The summed E-state index contributed by atoms with van der Waals surface area (Å²) in [7, 11) is 0. The zero-order valence-electron chi connectivity index (χ0n) is 39.9. The Labute approximate surface area is 396 Å². The van der Waals surface area contributed by atoms with Gasteiger partial charge in [-0.15, -0.1) is 0 Å². The highest BCUT2D eigenvalue weighted by Gasteiger charge is 2.71. The predicted octanol–water partition coefficient (Wildman–Crippen LogP) is -2.06. The van der Waals surface area contributed by atoms with Crippen molar-refractivity contribution in [2.45, 2.75) is 197 Å². The van der Waals surface area contributed by atoms with Gasteiger partial charge in [-0.2, -0.15) is 0 Å². The fourth-order valence-corrected chi connectivity index (χ4v) is 15.4. The molecule has 8 rings (SSSR count). The van der Waals surface area contributed by atoms with E-state index in [4.69, 9.17) is 28.4 Å². The number of aliphatic hydroxyl groups excluding tert-OH is 13. The molecule has 2 unspecified atom stereocenters. The van der Waals surface area contributed by atoms with Crippen molar-refractivity contribution in [2.24, 2.45) is 56.7 Å². The Balaban J connectivity index is 0.994. The molecule has 20 heteroatoms. The number of carbonyl (C=O) groups is 1. The van der Waals surface area contributed by atoms with Crippen LogP contribution >= 0.6 is 0 Å². The highest BCUT2D eigenvalue weighted by atomic mass is 16.8. The molecule has 68 heavy (non-hydrogen) atoms. The summed E-state index contributed by atoms with van der Waals surface area (Å²) in [4.78, 5) is 15.0. The molecule has 7 fully saturated rings. The lowest BCUT2D eigenvalue weighted by Gasteiger charge is -2.71. The quantitative estimate of drug-likeness (QED) is 0.0827. The van der Waals surface area contributed by atoms with E-state index in [9.17, 15) is 66.4 Å². The van der Waals surface area contributed by atoms with E-state index in [1.54, 1.807) is 0 Å². The molecule has 0 spiro atoms. The van der Waals surface area contributed by atoms with Crippen LogP contribution in [0, 0.1) is 56.7 Å². The van der Waals surface area contributed by atoms with Gasteiger partial charge in [0.15, 0.2) is 12.6 Å². The topological polar surface area (TPSA) is 335 Å². The van der Waals surface area contributed by atoms with E-state index < -0.39 is 151 Å². The van der Waals surface area contributed by atoms with Crippen molar-refractivity contribution in [1.82, 2.24) is 0 Å². The predicted molar refractivity (Wildman–Crippen MR) is 233 cm³/mol. The van der Waals surface area contributed by atoms with Gasteiger partial charge in [-0.3, -0.25) is 4.79 Å². The van der Waals surface area contributed by atoms with E-state index in [1.165, 1.54) is 6.92 Å². The summed E-state index contributed by atoms with van der Waals surface area (Å²) in [6, 6.07) is 0. The number of fused-ring (bicyclic) bond motifs is 7. The molecule has 0 radical (unpaired) electrons. The number of rotatable bonds is 10. The third kappa shape index (κ3) is 7.98. The molecule has 3 heterocycles. The molecule has 0 aromatic carbocycles. The Morgan fingerprint density at radius 2 is 1.34 bits per heavy atom. The van der Waals surface area contributed by atoms with Crippen LogP contribution in [0.5, 0.6) is 0 Å². The van der Waals surface area contributed by atoms with Gasteiger partial charge < -0.3 is 94.8 Å². The maximum atomic E-state index is 15.0. The summed E-state index contributed by atoms with van der Waals surface area (Å²) in [5.74, 6) is -1.33. The molecule has 20 nitrogen and oxygen atoms in total. The molecule has 390 valence electrons. The summed E-state index contributed by atoms with van der Waals surface area (Å²) in [5.41, 5.74) is -2.07.